The lowest BCUT2D eigenvalue weighted by molar-refractivity contribution is -0.117. The van der Waals surface area contributed by atoms with E-state index in [0.29, 0.717) is 19.5 Å². The lowest BCUT2D eigenvalue weighted by Gasteiger charge is -2.11. The van der Waals surface area contributed by atoms with Gasteiger partial charge in [0.25, 0.3) is 0 Å². The van der Waals surface area contributed by atoms with E-state index in [0.717, 1.165) is 16.6 Å². The topological polar surface area (TPSA) is 72.4 Å². The van der Waals surface area contributed by atoms with E-state index in [1.807, 2.05) is 17.5 Å². The standard InChI is InChI=1S/C12H13N3O2S/c13-5-8-4-11(16)15(6-8)12-14-9(7-18-12)10-2-1-3-17-10/h1-3,7-8H,4-6,13H2. The van der Waals surface area contributed by atoms with Crippen LogP contribution < -0.4 is 10.6 Å². The van der Waals surface area contributed by atoms with Gasteiger partial charge in [-0.05, 0) is 24.6 Å². The minimum atomic E-state index is 0.103. The van der Waals surface area contributed by atoms with E-state index in [9.17, 15) is 4.79 Å². The minimum absolute atomic E-state index is 0.103. The third-order valence-electron chi connectivity index (χ3n) is 3.04. The number of nitrogens with two attached hydrogens (primary N) is 1. The van der Waals surface area contributed by atoms with Gasteiger partial charge in [-0.15, -0.1) is 11.3 Å². The summed E-state index contributed by atoms with van der Waals surface area (Å²) >= 11 is 1.45. The lowest BCUT2D eigenvalue weighted by Crippen LogP contribution is -2.25. The highest BCUT2D eigenvalue weighted by molar-refractivity contribution is 7.14. The maximum absolute atomic E-state index is 11.9. The molecule has 6 heteroatoms. The summed E-state index contributed by atoms with van der Waals surface area (Å²) in [6.45, 7) is 1.21. The highest BCUT2D eigenvalue weighted by Crippen LogP contribution is 2.31. The summed E-state index contributed by atoms with van der Waals surface area (Å²) in [5, 5.41) is 2.62. The molecule has 94 valence electrons. The van der Waals surface area contributed by atoms with Crippen LogP contribution in [0.5, 0.6) is 0 Å². The zero-order chi connectivity index (χ0) is 12.5. The van der Waals surface area contributed by atoms with E-state index in [1.165, 1.54) is 11.3 Å². The first kappa shape index (κ1) is 11.4. The van der Waals surface area contributed by atoms with Crippen molar-refractivity contribution < 1.29 is 9.21 Å². The molecule has 1 amide bonds. The fourth-order valence-corrected chi connectivity index (χ4v) is 2.89. The van der Waals surface area contributed by atoms with Gasteiger partial charge >= 0.3 is 0 Å². The molecule has 0 saturated carbocycles. The molecular formula is C12H13N3O2S. The summed E-state index contributed by atoms with van der Waals surface area (Å²) in [7, 11) is 0. The Morgan fingerprint density at radius 3 is 3.17 bits per heavy atom. The Balaban J connectivity index is 1.84. The lowest BCUT2D eigenvalue weighted by atomic mass is 10.1. The number of rotatable bonds is 3. The Hall–Kier alpha value is -1.66. The SMILES string of the molecule is NCC1CC(=O)N(c2nc(-c3ccco3)cs2)C1. The largest absolute Gasteiger partial charge is 0.463 e. The molecule has 2 aromatic rings. The number of furan rings is 1. The van der Waals surface area contributed by atoms with Crippen LogP contribution in [0.15, 0.2) is 28.2 Å². The first-order valence-electron chi connectivity index (χ1n) is 5.77. The van der Waals surface area contributed by atoms with E-state index in [2.05, 4.69) is 4.98 Å². The van der Waals surface area contributed by atoms with Gasteiger partial charge in [0, 0.05) is 18.3 Å². The molecule has 0 aliphatic carbocycles. The van der Waals surface area contributed by atoms with Crippen molar-refractivity contribution in [1.29, 1.82) is 0 Å². The average Bonchev–Trinajstić information content (AvgIpc) is 3.08. The van der Waals surface area contributed by atoms with Crippen molar-refractivity contribution in [2.24, 2.45) is 11.7 Å². The van der Waals surface area contributed by atoms with Gasteiger partial charge < -0.3 is 10.2 Å². The van der Waals surface area contributed by atoms with Crippen molar-refractivity contribution in [1.82, 2.24) is 4.98 Å². The van der Waals surface area contributed by atoms with Crippen LogP contribution in [0.2, 0.25) is 0 Å². The van der Waals surface area contributed by atoms with Crippen LogP contribution in [0.1, 0.15) is 6.42 Å². The van der Waals surface area contributed by atoms with Gasteiger partial charge in [-0.3, -0.25) is 9.69 Å². The number of anilines is 1. The van der Waals surface area contributed by atoms with Crippen LogP contribution in [-0.4, -0.2) is 24.0 Å². The normalized spacial score (nSPS) is 19.7. The zero-order valence-electron chi connectivity index (χ0n) is 9.70. The third-order valence-corrected chi connectivity index (χ3v) is 3.90. The molecule has 0 radical (unpaired) electrons. The maximum atomic E-state index is 11.9. The first-order chi connectivity index (χ1) is 8.78. The van der Waals surface area contributed by atoms with Crippen LogP contribution >= 0.6 is 11.3 Å². The summed E-state index contributed by atoms with van der Waals surface area (Å²) < 4.78 is 5.29. The predicted molar refractivity (Wildman–Crippen MR) is 69.3 cm³/mol. The Kier molecular flexibility index (Phi) is 2.89. The van der Waals surface area contributed by atoms with E-state index >= 15 is 0 Å². The second-order valence-corrected chi connectivity index (χ2v) is 5.14. The fourth-order valence-electron chi connectivity index (χ4n) is 2.05. The number of aromatic nitrogens is 1. The summed E-state index contributed by atoms with van der Waals surface area (Å²) in [6.07, 6.45) is 2.13. The van der Waals surface area contributed by atoms with Crippen molar-refractivity contribution in [2.75, 3.05) is 18.0 Å². The molecule has 0 spiro atoms. The maximum Gasteiger partial charge on any atom is 0.229 e. The molecule has 1 aliphatic rings. The molecule has 1 saturated heterocycles. The smallest absolute Gasteiger partial charge is 0.229 e. The second kappa shape index (κ2) is 4.55. The molecule has 2 aromatic heterocycles. The Bertz CT molecular complexity index is 549. The molecule has 18 heavy (non-hydrogen) atoms. The Labute approximate surface area is 108 Å². The first-order valence-corrected chi connectivity index (χ1v) is 6.65. The molecule has 3 heterocycles. The van der Waals surface area contributed by atoms with E-state index in [4.69, 9.17) is 10.2 Å². The van der Waals surface area contributed by atoms with Gasteiger partial charge in [-0.1, -0.05) is 0 Å². The molecule has 2 N–H and O–H groups in total. The second-order valence-electron chi connectivity index (χ2n) is 4.30. The molecule has 1 unspecified atom stereocenters. The zero-order valence-corrected chi connectivity index (χ0v) is 10.5. The minimum Gasteiger partial charge on any atom is -0.463 e. The molecule has 1 aliphatic heterocycles. The van der Waals surface area contributed by atoms with Crippen molar-refractivity contribution >= 4 is 22.4 Å². The number of carbonyl (C=O) groups excluding carboxylic acids is 1. The van der Waals surface area contributed by atoms with E-state index in [1.54, 1.807) is 11.2 Å². The summed E-state index contributed by atoms with van der Waals surface area (Å²) in [4.78, 5) is 18.0. The highest BCUT2D eigenvalue weighted by Gasteiger charge is 2.31. The number of carbonyl (C=O) groups is 1. The Morgan fingerprint density at radius 1 is 1.61 bits per heavy atom. The number of hydrogen-bond donors (Lipinski definition) is 1. The molecule has 5 nitrogen and oxygen atoms in total. The summed E-state index contributed by atoms with van der Waals surface area (Å²) in [5.41, 5.74) is 6.38. The van der Waals surface area contributed by atoms with Gasteiger partial charge in [0.15, 0.2) is 10.9 Å². The number of amides is 1. The fraction of sp³-hybridized carbons (Fsp3) is 0.333. The molecular weight excluding hydrogens is 250 g/mol. The molecule has 1 fully saturated rings. The van der Waals surface area contributed by atoms with Crippen LogP contribution in [0, 0.1) is 5.92 Å². The van der Waals surface area contributed by atoms with Crippen LogP contribution in [0.3, 0.4) is 0 Å². The highest BCUT2D eigenvalue weighted by atomic mass is 32.1. The number of hydrogen-bond acceptors (Lipinski definition) is 5. The third kappa shape index (κ3) is 1.93. The molecule has 3 rings (SSSR count). The van der Waals surface area contributed by atoms with Gasteiger partial charge in [0.2, 0.25) is 5.91 Å². The molecule has 0 aromatic carbocycles. The van der Waals surface area contributed by atoms with Gasteiger partial charge in [0.1, 0.15) is 5.69 Å². The van der Waals surface area contributed by atoms with Crippen LogP contribution in [0.4, 0.5) is 5.13 Å². The molecule has 0 bridgehead atoms. The van der Waals surface area contributed by atoms with Crippen molar-refractivity contribution in [3.63, 3.8) is 0 Å². The van der Waals surface area contributed by atoms with Crippen molar-refractivity contribution in [3.05, 3.63) is 23.8 Å². The van der Waals surface area contributed by atoms with Crippen LogP contribution in [-0.2, 0) is 4.79 Å². The number of nitrogens with zero attached hydrogens (tertiary/aromatic N) is 2. The van der Waals surface area contributed by atoms with Crippen molar-refractivity contribution in [2.45, 2.75) is 6.42 Å². The van der Waals surface area contributed by atoms with Gasteiger partial charge in [-0.2, -0.15) is 0 Å². The summed E-state index contributed by atoms with van der Waals surface area (Å²) in [6, 6.07) is 3.67. The number of thiazole rings is 1. The van der Waals surface area contributed by atoms with Gasteiger partial charge in [-0.25, -0.2) is 4.98 Å². The van der Waals surface area contributed by atoms with Crippen LogP contribution in [0.25, 0.3) is 11.5 Å². The Morgan fingerprint density at radius 2 is 2.50 bits per heavy atom. The van der Waals surface area contributed by atoms with Gasteiger partial charge in [0.05, 0.1) is 6.26 Å². The summed E-state index contributed by atoms with van der Waals surface area (Å²) in [5.74, 6) is 1.07. The molecule has 1 atom stereocenters. The quantitative estimate of drug-likeness (QED) is 0.915. The monoisotopic (exact) mass is 263 g/mol. The predicted octanol–water partition coefficient (Wildman–Crippen LogP) is 1.71. The van der Waals surface area contributed by atoms with Crippen molar-refractivity contribution in [3.8, 4) is 11.5 Å². The van der Waals surface area contributed by atoms with E-state index in [-0.39, 0.29) is 11.8 Å². The van der Waals surface area contributed by atoms with E-state index < -0.39 is 0 Å². The average molecular weight is 263 g/mol.